The third-order valence-corrected chi connectivity index (χ3v) is 6.88. The minimum Gasteiger partial charge on any atom is -0.491 e. The van der Waals surface area contributed by atoms with Crippen molar-refractivity contribution in [1.29, 1.82) is 0 Å². The third kappa shape index (κ3) is 5.93. The van der Waals surface area contributed by atoms with Gasteiger partial charge in [0.2, 0.25) is 0 Å². The molecule has 1 aliphatic rings. The van der Waals surface area contributed by atoms with Crippen LogP contribution in [0.15, 0.2) is 71.3 Å². The summed E-state index contributed by atoms with van der Waals surface area (Å²) in [6.45, 7) is 5.12. The van der Waals surface area contributed by atoms with E-state index < -0.39 is 6.10 Å². The van der Waals surface area contributed by atoms with Gasteiger partial charge in [-0.1, -0.05) is 42.5 Å². The van der Waals surface area contributed by atoms with Crippen LogP contribution in [0.1, 0.15) is 12.8 Å². The smallest absolute Gasteiger partial charge is 0.138 e. The summed E-state index contributed by atoms with van der Waals surface area (Å²) in [6.07, 6.45) is 3.87. The molecule has 7 heteroatoms. The van der Waals surface area contributed by atoms with Crippen molar-refractivity contribution >= 4 is 27.0 Å². The van der Waals surface area contributed by atoms with Gasteiger partial charge < -0.3 is 25.0 Å². The molecule has 0 spiro atoms. The third-order valence-electron chi connectivity index (χ3n) is 6.45. The van der Waals surface area contributed by atoms with Gasteiger partial charge in [-0.3, -0.25) is 0 Å². The molecule has 182 valence electrons. The number of nitrogens with zero attached hydrogens (tertiary/aromatic N) is 2. The number of aliphatic hydroxyl groups excluding tert-OH is 1. The van der Waals surface area contributed by atoms with E-state index in [0.29, 0.717) is 6.54 Å². The maximum absolute atomic E-state index is 10.3. The van der Waals surface area contributed by atoms with Crippen molar-refractivity contribution in [1.82, 2.24) is 20.2 Å². The van der Waals surface area contributed by atoms with Crippen LogP contribution in [0.5, 0.6) is 5.75 Å². The van der Waals surface area contributed by atoms with Gasteiger partial charge >= 0.3 is 0 Å². The van der Waals surface area contributed by atoms with Gasteiger partial charge in [0, 0.05) is 41.3 Å². The molecule has 1 atom stereocenters. The average Bonchev–Trinajstić information content (AvgIpc) is 3.54. The van der Waals surface area contributed by atoms with Crippen LogP contribution in [0.4, 0.5) is 0 Å². The van der Waals surface area contributed by atoms with Crippen LogP contribution in [-0.4, -0.2) is 65.4 Å². The maximum atomic E-state index is 10.3. The second kappa shape index (κ2) is 11.4. The number of halogens is 1. The first-order chi connectivity index (χ1) is 17.2. The summed E-state index contributed by atoms with van der Waals surface area (Å²) in [5.41, 5.74) is 5.18. The van der Waals surface area contributed by atoms with Gasteiger partial charge in [-0.05, 0) is 71.2 Å². The number of hydrogen-bond acceptors (Lipinski definition) is 5. The highest BCUT2D eigenvalue weighted by molar-refractivity contribution is 9.10. The normalized spacial score (nSPS) is 15.0. The van der Waals surface area contributed by atoms with Crippen molar-refractivity contribution in [3.63, 3.8) is 0 Å². The van der Waals surface area contributed by atoms with Gasteiger partial charge in [0.1, 0.15) is 24.1 Å². The van der Waals surface area contributed by atoms with Gasteiger partial charge in [0.25, 0.3) is 0 Å². The molecular weight excluding hydrogens is 504 g/mol. The minimum atomic E-state index is -0.546. The molecule has 2 aromatic heterocycles. The highest BCUT2D eigenvalue weighted by Gasteiger charge is 2.17. The number of ether oxygens (including phenoxy) is 1. The number of pyridine rings is 1. The number of H-pyrrole nitrogens is 1. The van der Waals surface area contributed by atoms with E-state index in [1.165, 1.54) is 25.9 Å². The summed E-state index contributed by atoms with van der Waals surface area (Å²) in [6, 6.07) is 20.4. The summed E-state index contributed by atoms with van der Waals surface area (Å²) in [7, 11) is 0. The van der Waals surface area contributed by atoms with Crippen molar-refractivity contribution in [2.24, 2.45) is 0 Å². The zero-order valence-electron chi connectivity index (χ0n) is 19.7. The van der Waals surface area contributed by atoms with Crippen molar-refractivity contribution < 1.29 is 9.84 Å². The molecule has 0 aliphatic carbocycles. The molecule has 6 nitrogen and oxygen atoms in total. The van der Waals surface area contributed by atoms with E-state index in [4.69, 9.17) is 4.74 Å². The lowest BCUT2D eigenvalue weighted by atomic mass is 9.99. The predicted molar refractivity (Wildman–Crippen MR) is 145 cm³/mol. The van der Waals surface area contributed by atoms with E-state index in [0.717, 1.165) is 56.7 Å². The molecule has 1 aliphatic heterocycles. The standard InChI is InChI=1S/C28H31BrN4O2/c29-22-16-25-26(27(32-28(25)31-17-22)21-6-2-1-3-7-21)20-8-10-24(11-9-20)35-19-23(34)18-30-12-15-33-13-4-5-14-33/h1-3,6-11,16-17,23,30,34H,4-5,12-15,18-19H2,(H,31,32). The zero-order valence-corrected chi connectivity index (χ0v) is 21.3. The maximum Gasteiger partial charge on any atom is 0.138 e. The molecule has 0 bridgehead atoms. The molecular formula is C28H31BrN4O2. The van der Waals surface area contributed by atoms with Gasteiger partial charge in [0.05, 0.1) is 5.69 Å². The minimum absolute atomic E-state index is 0.259. The fourth-order valence-corrected chi connectivity index (χ4v) is 4.98. The number of rotatable bonds is 10. The van der Waals surface area contributed by atoms with Gasteiger partial charge in [0.15, 0.2) is 0 Å². The van der Waals surface area contributed by atoms with E-state index in [2.05, 4.69) is 66.4 Å². The number of hydrogen-bond donors (Lipinski definition) is 3. The number of fused-ring (bicyclic) bond motifs is 1. The van der Waals surface area contributed by atoms with Crippen molar-refractivity contribution in [2.75, 3.05) is 39.3 Å². The van der Waals surface area contributed by atoms with Crippen LogP contribution in [0.25, 0.3) is 33.4 Å². The lowest BCUT2D eigenvalue weighted by Gasteiger charge is -2.17. The Labute approximate surface area is 214 Å². The Balaban J connectivity index is 1.25. The fraction of sp³-hybridized carbons (Fsp3) is 0.321. The topological polar surface area (TPSA) is 73.4 Å². The van der Waals surface area contributed by atoms with E-state index in [-0.39, 0.29) is 6.61 Å². The zero-order chi connectivity index (χ0) is 24.0. The summed E-state index contributed by atoms with van der Waals surface area (Å²) >= 11 is 3.56. The number of likely N-dealkylation sites (tertiary alicyclic amines) is 1. The highest BCUT2D eigenvalue weighted by Crippen LogP contribution is 2.39. The summed E-state index contributed by atoms with van der Waals surface area (Å²) in [5.74, 6) is 0.741. The van der Waals surface area contributed by atoms with Crippen molar-refractivity contribution in [2.45, 2.75) is 18.9 Å². The molecule has 0 amide bonds. The first kappa shape index (κ1) is 24.0. The summed E-state index contributed by atoms with van der Waals surface area (Å²) < 4.78 is 6.80. The van der Waals surface area contributed by atoms with Crippen LogP contribution >= 0.6 is 15.9 Å². The lowest BCUT2D eigenvalue weighted by Crippen LogP contribution is -2.36. The number of aromatic nitrogens is 2. The fourth-order valence-electron chi connectivity index (χ4n) is 4.65. The molecule has 35 heavy (non-hydrogen) atoms. The Hall–Kier alpha value is -2.71. The molecule has 1 fully saturated rings. The molecule has 5 rings (SSSR count). The number of aromatic amines is 1. The second-order valence-electron chi connectivity index (χ2n) is 9.03. The Bertz CT molecular complexity index is 1240. The highest BCUT2D eigenvalue weighted by atomic mass is 79.9. The van der Waals surface area contributed by atoms with E-state index >= 15 is 0 Å². The molecule has 0 saturated carbocycles. The van der Waals surface area contributed by atoms with Gasteiger partial charge in [-0.15, -0.1) is 0 Å². The monoisotopic (exact) mass is 534 g/mol. The lowest BCUT2D eigenvalue weighted by molar-refractivity contribution is 0.106. The Morgan fingerprint density at radius 3 is 2.60 bits per heavy atom. The SMILES string of the molecule is OC(CNCCN1CCCC1)COc1ccc(-c2c(-c3ccccc3)[nH]c3ncc(Br)cc23)cc1. The van der Waals surface area contributed by atoms with E-state index in [9.17, 15) is 5.11 Å². The van der Waals surface area contributed by atoms with Crippen molar-refractivity contribution in [3.8, 4) is 28.1 Å². The van der Waals surface area contributed by atoms with E-state index in [1.54, 1.807) is 6.20 Å². The number of benzene rings is 2. The number of nitrogens with one attached hydrogen (secondary N) is 2. The molecule has 3 heterocycles. The van der Waals surface area contributed by atoms with Gasteiger partial charge in [-0.2, -0.15) is 0 Å². The predicted octanol–water partition coefficient (Wildman–Crippen LogP) is 5.08. The molecule has 0 radical (unpaired) electrons. The molecule has 1 unspecified atom stereocenters. The Kier molecular flexibility index (Phi) is 7.79. The van der Waals surface area contributed by atoms with Crippen molar-refractivity contribution in [3.05, 3.63) is 71.3 Å². The van der Waals surface area contributed by atoms with Crippen LogP contribution in [0, 0.1) is 0 Å². The molecule has 4 aromatic rings. The van der Waals surface area contributed by atoms with Crippen LogP contribution in [0.2, 0.25) is 0 Å². The van der Waals surface area contributed by atoms with Gasteiger partial charge in [-0.25, -0.2) is 4.98 Å². The Morgan fingerprint density at radius 1 is 1.06 bits per heavy atom. The van der Waals surface area contributed by atoms with Crippen LogP contribution in [0.3, 0.4) is 0 Å². The average molecular weight is 535 g/mol. The summed E-state index contributed by atoms with van der Waals surface area (Å²) in [4.78, 5) is 10.5. The molecule has 1 saturated heterocycles. The number of aliphatic hydroxyl groups is 1. The summed E-state index contributed by atoms with van der Waals surface area (Å²) in [5, 5.41) is 14.7. The van der Waals surface area contributed by atoms with E-state index in [1.807, 2.05) is 30.3 Å². The quantitative estimate of drug-likeness (QED) is 0.247. The molecule has 2 aromatic carbocycles. The second-order valence-corrected chi connectivity index (χ2v) is 9.95. The van der Waals surface area contributed by atoms with Crippen LogP contribution < -0.4 is 10.1 Å². The largest absolute Gasteiger partial charge is 0.491 e. The van der Waals surface area contributed by atoms with Crippen LogP contribution in [-0.2, 0) is 0 Å². The Morgan fingerprint density at radius 2 is 1.83 bits per heavy atom. The molecule has 3 N–H and O–H groups in total. The first-order valence-electron chi connectivity index (χ1n) is 12.2. The first-order valence-corrected chi connectivity index (χ1v) is 13.0.